The summed E-state index contributed by atoms with van der Waals surface area (Å²) in [6, 6.07) is 12.3. The molecular formula is C22H20FN3O5. The number of pyridine rings is 1. The van der Waals surface area contributed by atoms with Crippen LogP contribution in [0.5, 0.6) is 5.75 Å². The maximum atomic E-state index is 14.6. The summed E-state index contributed by atoms with van der Waals surface area (Å²) in [5.41, 5.74) is 0.366. The molecule has 1 atom stereocenters. The van der Waals surface area contributed by atoms with Crippen molar-refractivity contribution >= 4 is 17.7 Å². The van der Waals surface area contributed by atoms with E-state index in [0.29, 0.717) is 5.56 Å². The molecule has 0 bridgehead atoms. The molecule has 0 radical (unpaired) electrons. The Hall–Kier alpha value is -4.14. The third-order valence-electron chi connectivity index (χ3n) is 4.65. The van der Waals surface area contributed by atoms with Gasteiger partial charge in [-0.3, -0.25) is 9.59 Å². The summed E-state index contributed by atoms with van der Waals surface area (Å²) >= 11 is 0. The highest BCUT2D eigenvalue weighted by atomic mass is 19.1. The molecule has 3 aromatic rings. The molecule has 1 unspecified atom stereocenters. The van der Waals surface area contributed by atoms with E-state index in [1.165, 1.54) is 31.4 Å². The number of hydrogen-bond donors (Lipinski definition) is 4. The molecule has 0 aliphatic rings. The Balaban J connectivity index is 1.91. The third kappa shape index (κ3) is 5.08. The van der Waals surface area contributed by atoms with E-state index in [1.807, 2.05) is 30.3 Å². The highest BCUT2D eigenvalue weighted by Gasteiger charge is 2.23. The lowest BCUT2D eigenvalue weighted by Gasteiger charge is -2.20. The van der Waals surface area contributed by atoms with E-state index in [9.17, 15) is 29.0 Å². The first kappa shape index (κ1) is 21.6. The number of rotatable bonds is 6. The van der Waals surface area contributed by atoms with Crippen LogP contribution in [0, 0.1) is 5.82 Å². The quantitative estimate of drug-likeness (QED) is 0.483. The van der Waals surface area contributed by atoms with E-state index < -0.39 is 41.6 Å². The number of nitrogens with one attached hydrogen (secondary N) is 2. The lowest BCUT2D eigenvalue weighted by atomic mass is 9.97. The molecule has 0 fully saturated rings. The smallest absolute Gasteiger partial charge is 0.319 e. The van der Waals surface area contributed by atoms with Crippen molar-refractivity contribution in [2.75, 3.05) is 5.32 Å². The molecule has 1 aromatic heterocycles. The molecule has 3 rings (SSSR count). The summed E-state index contributed by atoms with van der Waals surface area (Å²) in [7, 11) is 1.43. The summed E-state index contributed by atoms with van der Waals surface area (Å²) in [6.07, 6.45) is 0.722. The van der Waals surface area contributed by atoms with Gasteiger partial charge in [0, 0.05) is 18.8 Å². The number of nitrogens with zero attached hydrogens (tertiary/aromatic N) is 1. The largest absolute Gasteiger partial charge is 0.505 e. The maximum absolute atomic E-state index is 14.6. The van der Waals surface area contributed by atoms with Gasteiger partial charge < -0.3 is 25.4 Å². The zero-order valence-electron chi connectivity index (χ0n) is 16.5. The number of carboxylic acids is 1. The normalized spacial score (nSPS) is 11.5. The van der Waals surface area contributed by atoms with Gasteiger partial charge >= 0.3 is 12.0 Å². The van der Waals surface area contributed by atoms with Gasteiger partial charge in [-0.25, -0.2) is 9.18 Å². The number of benzene rings is 2. The van der Waals surface area contributed by atoms with Gasteiger partial charge in [-0.1, -0.05) is 36.4 Å². The Morgan fingerprint density at radius 2 is 1.81 bits per heavy atom. The Kier molecular flexibility index (Phi) is 6.35. The van der Waals surface area contributed by atoms with Crippen LogP contribution in [0.3, 0.4) is 0 Å². The number of aliphatic carboxylic acids is 1. The van der Waals surface area contributed by atoms with Crippen molar-refractivity contribution in [3.63, 3.8) is 0 Å². The Morgan fingerprint density at radius 3 is 2.48 bits per heavy atom. The Bertz CT molecular complexity index is 1180. The second kappa shape index (κ2) is 9.12. The molecular weight excluding hydrogens is 405 g/mol. The number of carbonyl (C=O) groups excluding carboxylic acids is 1. The zero-order chi connectivity index (χ0) is 22.5. The fraction of sp³-hybridized carbons (Fsp3) is 0.136. The molecule has 0 saturated heterocycles. The summed E-state index contributed by atoms with van der Waals surface area (Å²) in [5, 5.41) is 23.7. The van der Waals surface area contributed by atoms with E-state index in [1.54, 1.807) is 6.07 Å². The fourth-order valence-electron chi connectivity index (χ4n) is 3.08. The van der Waals surface area contributed by atoms with Crippen LogP contribution >= 0.6 is 0 Å². The second-order valence-corrected chi connectivity index (χ2v) is 6.84. The molecule has 0 aliphatic carbocycles. The summed E-state index contributed by atoms with van der Waals surface area (Å²) in [5.74, 6) is -2.40. The number of aromatic hydroxyl groups is 1. The number of carboxylic acid groups (broad SMARTS) is 1. The number of hydrogen-bond acceptors (Lipinski definition) is 4. The van der Waals surface area contributed by atoms with Gasteiger partial charge in [0.05, 0.1) is 12.5 Å². The minimum atomic E-state index is -1.26. The molecule has 160 valence electrons. The van der Waals surface area contributed by atoms with E-state index in [2.05, 4.69) is 10.6 Å². The lowest BCUT2D eigenvalue weighted by Crippen LogP contribution is -2.36. The number of anilines is 1. The van der Waals surface area contributed by atoms with Gasteiger partial charge in [-0.15, -0.1) is 0 Å². The van der Waals surface area contributed by atoms with Crippen LogP contribution in [0.2, 0.25) is 0 Å². The first-order valence-electron chi connectivity index (χ1n) is 9.29. The molecule has 9 heteroatoms. The number of amides is 2. The Labute approximate surface area is 176 Å². The third-order valence-corrected chi connectivity index (χ3v) is 4.65. The maximum Gasteiger partial charge on any atom is 0.319 e. The average molecular weight is 425 g/mol. The van der Waals surface area contributed by atoms with Gasteiger partial charge in [-0.2, -0.15) is 0 Å². The molecule has 2 aromatic carbocycles. The first-order valence-corrected chi connectivity index (χ1v) is 9.29. The van der Waals surface area contributed by atoms with Crippen LogP contribution in [0.15, 0.2) is 65.6 Å². The number of halogens is 1. The van der Waals surface area contributed by atoms with Crippen LogP contribution < -0.4 is 16.2 Å². The molecule has 0 aliphatic heterocycles. The first-order chi connectivity index (χ1) is 14.8. The molecule has 0 spiro atoms. The van der Waals surface area contributed by atoms with Crippen LogP contribution in [0.25, 0.3) is 11.1 Å². The molecule has 1 heterocycles. The standard InChI is InChI=1S/C22H20FN3O5/c1-26-10-9-18(27)20(21(26)30)25-22(31)24-17(12-19(28)29)15-11-14(7-8-16(15)23)13-5-3-2-4-6-13/h2-11,17,27H,12H2,1H3,(H,28,29)(H2,24,25,31). The Morgan fingerprint density at radius 1 is 1.10 bits per heavy atom. The van der Waals surface area contributed by atoms with Crippen molar-refractivity contribution in [3.05, 3.63) is 82.5 Å². The van der Waals surface area contributed by atoms with Gasteiger partial charge in [0.15, 0.2) is 5.69 Å². The number of carbonyl (C=O) groups is 2. The topological polar surface area (TPSA) is 121 Å². The predicted molar refractivity (Wildman–Crippen MR) is 112 cm³/mol. The molecule has 31 heavy (non-hydrogen) atoms. The minimum absolute atomic E-state index is 0.0240. The van der Waals surface area contributed by atoms with Crippen molar-refractivity contribution in [3.8, 4) is 16.9 Å². The van der Waals surface area contributed by atoms with Crippen LogP contribution in [0.1, 0.15) is 18.0 Å². The number of aromatic nitrogens is 1. The van der Waals surface area contributed by atoms with Crippen LogP contribution in [0.4, 0.5) is 14.9 Å². The van der Waals surface area contributed by atoms with E-state index >= 15 is 0 Å². The van der Waals surface area contributed by atoms with Gasteiger partial charge in [-0.05, 0) is 29.3 Å². The molecule has 2 amide bonds. The summed E-state index contributed by atoms with van der Waals surface area (Å²) in [4.78, 5) is 35.9. The van der Waals surface area contributed by atoms with Crippen molar-refractivity contribution < 1.29 is 24.2 Å². The van der Waals surface area contributed by atoms with E-state index in [0.717, 1.165) is 10.1 Å². The van der Waals surface area contributed by atoms with Crippen molar-refractivity contribution in [1.29, 1.82) is 0 Å². The van der Waals surface area contributed by atoms with Gasteiger partial charge in [0.2, 0.25) is 0 Å². The highest BCUT2D eigenvalue weighted by molar-refractivity contribution is 5.91. The summed E-state index contributed by atoms with van der Waals surface area (Å²) in [6.45, 7) is 0. The SMILES string of the molecule is Cn1ccc(O)c(NC(=O)NC(CC(=O)O)c2cc(-c3ccccc3)ccc2F)c1=O. The van der Waals surface area contributed by atoms with Gasteiger partial charge in [0.1, 0.15) is 11.6 Å². The van der Waals surface area contributed by atoms with E-state index in [4.69, 9.17) is 0 Å². The highest BCUT2D eigenvalue weighted by Crippen LogP contribution is 2.27. The van der Waals surface area contributed by atoms with Crippen LogP contribution in [-0.2, 0) is 11.8 Å². The minimum Gasteiger partial charge on any atom is -0.505 e. The van der Waals surface area contributed by atoms with Gasteiger partial charge in [0.25, 0.3) is 5.56 Å². The van der Waals surface area contributed by atoms with E-state index in [-0.39, 0.29) is 11.3 Å². The van der Waals surface area contributed by atoms with Crippen molar-refractivity contribution in [2.45, 2.75) is 12.5 Å². The lowest BCUT2D eigenvalue weighted by molar-refractivity contribution is -0.137. The monoisotopic (exact) mass is 425 g/mol. The number of urea groups is 1. The second-order valence-electron chi connectivity index (χ2n) is 6.84. The zero-order valence-corrected chi connectivity index (χ0v) is 16.5. The predicted octanol–water partition coefficient (Wildman–Crippen LogP) is 3.23. The van der Waals surface area contributed by atoms with Crippen molar-refractivity contribution in [1.82, 2.24) is 9.88 Å². The molecule has 0 saturated carbocycles. The fourth-order valence-corrected chi connectivity index (χ4v) is 3.08. The summed E-state index contributed by atoms with van der Waals surface area (Å²) < 4.78 is 15.7. The molecule has 8 nitrogen and oxygen atoms in total. The molecule has 4 N–H and O–H groups in total. The van der Waals surface area contributed by atoms with Crippen molar-refractivity contribution in [2.24, 2.45) is 7.05 Å². The van der Waals surface area contributed by atoms with Crippen LogP contribution in [-0.4, -0.2) is 26.8 Å². The number of aryl methyl sites for hydroxylation is 1. The average Bonchev–Trinajstić information content (AvgIpc) is 2.74.